The van der Waals surface area contributed by atoms with Crippen LogP contribution in [0.4, 0.5) is 0 Å². The van der Waals surface area contributed by atoms with Crippen LogP contribution in [0.25, 0.3) is 0 Å². The van der Waals surface area contributed by atoms with Crippen LogP contribution in [0.15, 0.2) is 46.7 Å². The molecule has 8 heteroatoms. The van der Waals surface area contributed by atoms with E-state index < -0.39 is 10.0 Å². The summed E-state index contributed by atoms with van der Waals surface area (Å²) in [5.74, 6) is 0.277. The van der Waals surface area contributed by atoms with Crippen molar-refractivity contribution in [2.45, 2.75) is 30.2 Å². The molecular weight excluding hydrogens is 370 g/mol. The second-order valence-electron chi connectivity index (χ2n) is 6.46. The van der Waals surface area contributed by atoms with E-state index in [-0.39, 0.29) is 16.8 Å². The molecule has 1 heterocycles. The third-order valence-electron chi connectivity index (χ3n) is 4.40. The Morgan fingerprint density at radius 2 is 1.96 bits per heavy atom. The molecule has 1 aliphatic rings. The molecule has 1 aromatic carbocycles. The Morgan fingerprint density at radius 3 is 2.58 bits per heavy atom. The Kier molecular flexibility index (Phi) is 6.08. The van der Waals surface area contributed by atoms with Crippen LogP contribution in [0.3, 0.4) is 0 Å². The molecule has 1 aliphatic carbocycles. The number of hydrogen-bond donors (Lipinski definition) is 3. The first-order valence-corrected chi connectivity index (χ1v) is 11.0. The molecule has 0 spiro atoms. The van der Waals surface area contributed by atoms with Crippen molar-refractivity contribution in [3.8, 4) is 0 Å². The maximum Gasteiger partial charge on any atom is 0.251 e. The third-order valence-corrected chi connectivity index (χ3v) is 6.81. The Bertz CT molecular complexity index is 829. The van der Waals surface area contributed by atoms with Gasteiger partial charge in [0, 0.05) is 29.6 Å². The normalized spacial score (nSPS) is 15.6. The topological polar surface area (TPSA) is 101 Å². The van der Waals surface area contributed by atoms with Crippen molar-refractivity contribution < 1.29 is 13.2 Å². The minimum atomic E-state index is -3.58. The van der Waals surface area contributed by atoms with E-state index >= 15 is 0 Å². The molecule has 1 aromatic heterocycles. The van der Waals surface area contributed by atoms with Crippen molar-refractivity contribution >= 4 is 27.3 Å². The minimum Gasteiger partial charge on any atom is -0.350 e. The number of benzene rings is 1. The molecule has 0 bridgehead atoms. The predicted octanol–water partition coefficient (Wildman–Crippen LogP) is 1.74. The molecule has 2 aromatic rings. The van der Waals surface area contributed by atoms with Crippen LogP contribution in [0.1, 0.15) is 28.1 Å². The summed E-state index contributed by atoms with van der Waals surface area (Å²) < 4.78 is 27.2. The fourth-order valence-corrected chi connectivity index (χ4v) is 4.38. The summed E-state index contributed by atoms with van der Waals surface area (Å²) in [5.41, 5.74) is 6.39. The number of nitrogens with one attached hydrogen (secondary N) is 2. The van der Waals surface area contributed by atoms with Crippen molar-refractivity contribution in [2.75, 3.05) is 13.1 Å². The third kappa shape index (κ3) is 5.14. The number of carbonyl (C=O) groups is 1. The number of rotatable bonds is 9. The summed E-state index contributed by atoms with van der Waals surface area (Å²) >= 11 is 1.60. The van der Waals surface area contributed by atoms with Crippen molar-refractivity contribution in [1.29, 1.82) is 0 Å². The number of nitrogens with two attached hydrogens (primary N) is 1. The smallest absolute Gasteiger partial charge is 0.251 e. The monoisotopic (exact) mass is 393 g/mol. The Labute approximate surface area is 157 Å². The number of hydrogen-bond acceptors (Lipinski definition) is 5. The molecule has 140 valence electrons. The van der Waals surface area contributed by atoms with Crippen LogP contribution in [-0.4, -0.2) is 33.5 Å². The lowest BCUT2D eigenvalue weighted by Crippen LogP contribution is -2.38. The molecule has 1 fully saturated rings. The Balaban J connectivity index is 1.52. The van der Waals surface area contributed by atoms with Gasteiger partial charge in [-0.1, -0.05) is 6.07 Å². The van der Waals surface area contributed by atoms with Crippen LogP contribution in [-0.2, 0) is 16.4 Å². The van der Waals surface area contributed by atoms with Gasteiger partial charge in [0.2, 0.25) is 10.0 Å². The predicted molar refractivity (Wildman–Crippen MR) is 103 cm³/mol. The molecule has 6 nitrogen and oxygen atoms in total. The van der Waals surface area contributed by atoms with Crippen molar-refractivity contribution in [3.63, 3.8) is 0 Å². The van der Waals surface area contributed by atoms with E-state index in [0.29, 0.717) is 31.0 Å². The van der Waals surface area contributed by atoms with E-state index in [4.69, 9.17) is 5.73 Å². The van der Waals surface area contributed by atoms with E-state index in [1.54, 1.807) is 11.3 Å². The second kappa shape index (κ2) is 8.30. The first kappa shape index (κ1) is 19.0. The van der Waals surface area contributed by atoms with Crippen LogP contribution >= 0.6 is 11.3 Å². The number of sulfonamides is 1. The summed E-state index contributed by atoms with van der Waals surface area (Å²) in [5, 5.41) is 4.76. The maximum atomic E-state index is 12.3. The van der Waals surface area contributed by atoms with Gasteiger partial charge >= 0.3 is 0 Å². The molecule has 4 N–H and O–H groups in total. The zero-order valence-corrected chi connectivity index (χ0v) is 16.0. The maximum absolute atomic E-state index is 12.3. The lowest BCUT2D eigenvalue weighted by Gasteiger charge is -2.12. The molecule has 0 saturated heterocycles. The van der Waals surface area contributed by atoms with Crippen LogP contribution < -0.4 is 15.8 Å². The zero-order chi connectivity index (χ0) is 18.6. The largest absolute Gasteiger partial charge is 0.350 e. The van der Waals surface area contributed by atoms with E-state index in [1.807, 2.05) is 17.5 Å². The van der Waals surface area contributed by atoms with E-state index in [2.05, 4.69) is 10.0 Å². The highest BCUT2D eigenvalue weighted by molar-refractivity contribution is 7.89. The molecule has 1 atom stereocenters. The molecule has 26 heavy (non-hydrogen) atoms. The Morgan fingerprint density at radius 1 is 1.23 bits per heavy atom. The number of carbonyl (C=O) groups excluding carboxylic acids is 1. The van der Waals surface area contributed by atoms with Crippen LogP contribution in [0.2, 0.25) is 0 Å². The van der Waals surface area contributed by atoms with Gasteiger partial charge in [0.05, 0.1) is 4.90 Å². The average molecular weight is 394 g/mol. The quantitative estimate of drug-likeness (QED) is 0.604. The van der Waals surface area contributed by atoms with Crippen LogP contribution in [0, 0.1) is 5.92 Å². The van der Waals surface area contributed by atoms with Gasteiger partial charge in [-0.05, 0) is 60.9 Å². The van der Waals surface area contributed by atoms with E-state index in [9.17, 15) is 13.2 Å². The van der Waals surface area contributed by atoms with E-state index in [1.165, 1.54) is 24.3 Å². The molecule has 3 rings (SSSR count). The van der Waals surface area contributed by atoms with Crippen molar-refractivity contribution in [2.24, 2.45) is 11.7 Å². The summed E-state index contributed by atoms with van der Waals surface area (Å²) in [4.78, 5) is 13.4. The molecule has 0 radical (unpaired) electrons. The highest BCUT2D eigenvalue weighted by Gasteiger charge is 2.28. The summed E-state index contributed by atoms with van der Waals surface area (Å²) in [7, 11) is -3.58. The average Bonchev–Trinajstić information content (AvgIpc) is 3.36. The zero-order valence-electron chi connectivity index (χ0n) is 14.4. The Hall–Kier alpha value is -1.74. The summed E-state index contributed by atoms with van der Waals surface area (Å²) in [6.07, 6.45) is 2.91. The highest BCUT2D eigenvalue weighted by atomic mass is 32.2. The lowest BCUT2D eigenvalue weighted by molar-refractivity contribution is 0.0950. The first-order valence-electron chi connectivity index (χ1n) is 8.61. The molecule has 1 saturated carbocycles. The minimum absolute atomic E-state index is 0.00820. The van der Waals surface area contributed by atoms with Crippen molar-refractivity contribution in [1.82, 2.24) is 10.0 Å². The van der Waals surface area contributed by atoms with Gasteiger partial charge in [-0.3, -0.25) is 4.79 Å². The van der Waals surface area contributed by atoms with Crippen molar-refractivity contribution in [3.05, 3.63) is 52.2 Å². The van der Waals surface area contributed by atoms with Gasteiger partial charge in [0.15, 0.2) is 0 Å². The molecule has 1 amide bonds. The molecule has 0 aliphatic heterocycles. The van der Waals surface area contributed by atoms with Crippen LogP contribution in [0.5, 0.6) is 0 Å². The van der Waals surface area contributed by atoms with Gasteiger partial charge in [-0.25, -0.2) is 13.1 Å². The first-order chi connectivity index (χ1) is 12.5. The standard InChI is InChI=1S/C18H23N3O3S2/c19-17(13-3-4-13)12-20-18(22)14-5-7-16(8-6-14)26(23,24)21-10-9-15-2-1-11-25-15/h1-2,5-8,11,13,17,21H,3-4,9-10,12,19H2,(H,20,22). The van der Waals surface area contributed by atoms with Gasteiger partial charge < -0.3 is 11.1 Å². The fraction of sp³-hybridized carbons (Fsp3) is 0.389. The fourth-order valence-electron chi connectivity index (χ4n) is 2.64. The summed E-state index contributed by atoms with van der Waals surface area (Å²) in [6.45, 7) is 0.776. The van der Waals surface area contributed by atoms with Gasteiger partial charge in [-0.15, -0.1) is 11.3 Å². The summed E-state index contributed by atoms with van der Waals surface area (Å²) in [6, 6.07) is 9.84. The lowest BCUT2D eigenvalue weighted by atomic mass is 10.2. The van der Waals surface area contributed by atoms with E-state index in [0.717, 1.165) is 17.7 Å². The van der Waals surface area contributed by atoms with Gasteiger partial charge in [0.1, 0.15) is 0 Å². The van der Waals surface area contributed by atoms with Gasteiger partial charge in [0.25, 0.3) is 5.91 Å². The SMILES string of the molecule is NC(CNC(=O)c1ccc(S(=O)(=O)NCCc2cccs2)cc1)C1CC1. The number of thiophene rings is 1. The molecule has 1 unspecified atom stereocenters. The highest BCUT2D eigenvalue weighted by Crippen LogP contribution is 2.31. The molecular formula is C18H23N3O3S2. The second-order valence-corrected chi connectivity index (χ2v) is 9.26. The number of amides is 1. The van der Waals surface area contributed by atoms with Gasteiger partial charge in [-0.2, -0.15) is 0 Å².